The Morgan fingerprint density at radius 1 is 0.575 bits per heavy atom. The quantitative estimate of drug-likeness (QED) is 0.418. The lowest BCUT2D eigenvalue weighted by molar-refractivity contribution is -0.163. The van der Waals surface area contributed by atoms with E-state index in [9.17, 15) is 0 Å². The Morgan fingerprint density at radius 2 is 1.27 bits per heavy atom. The summed E-state index contributed by atoms with van der Waals surface area (Å²) in [6.07, 6.45) is 29.5. The van der Waals surface area contributed by atoms with Gasteiger partial charge in [0.1, 0.15) is 6.10 Å². The van der Waals surface area contributed by atoms with Crippen molar-refractivity contribution in [2.45, 2.75) is 170 Å². The Hall–Kier alpha value is -0.200. The molecule has 0 radical (unpaired) electrons. The van der Waals surface area contributed by atoms with E-state index in [-0.39, 0.29) is 11.1 Å². The maximum atomic E-state index is 7.03. The van der Waals surface area contributed by atoms with Crippen LogP contribution in [-0.2, 0) is 4.74 Å². The second-order valence-corrected chi connectivity index (χ2v) is 17.4. The highest BCUT2D eigenvalue weighted by atomic mass is 16.6. The fraction of sp³-hybridized carbons (Fsp3) is 1.00. The molecule has 10 fully saturated rings. The highest BCUT2D eigenvalue weighted by Gasteiger charge is 2.82. The van der Waals surface area contributed by atoms with Gasteiger partial charge < -0.3 is 20.7 Å². The van der Waals surface area contributed by atoms with E-state index in [2.05, 4.69) is 20.9 Å². The molecule has 0 aromatic carbocycles. The van der Waals surface area contributed by atoms with Crippen LogP contribution < -0.4 is 16.0 Å². The van der Waals surface area contributed by atoms with Crippen molar-refractivity contribution in [2.75, 3.05) is 26.2 Å². The number of rotatable bonds is 4. The van der Waals surface area contributed by atoms with Gasteiger partial charge in [-0.1, -0.05) is 51.4 Å². The minimum Gasteiger partial charge on any atom is -0.364 e. The molecule has 5 spiro atoms. The Balaban J connectivity index is 1.18. The van der Waals surface area contributed by atoms with Crippen LogP contribution >= 0.6 is 0 Å². The molecule has 40 heavy (non-hydrogen) atoms. The molecule has 222 valence electrons. The summed E-state index contributed by atoms with van der Waals surface area (Å²) in [4.78, 5) is 3.43. The van der Waals surface area contributed by atoms with Crippen LogP contribution in [0.3, 0.4) is 0 Å². The Labute approximate surface area is 243 Å². The second-order valence-electron chi connectivity index (χ2n) is 17.4. The molecule has 5 nitrogen and oxygen atoms in total. The van der Waals surface area contributed by atoms with Gasteiger partial charge in [-0.2, -0.15) is 0 Å². The summed E-state index contributed by atoms with van der Waals surface area (Å²) in [5.41, 5.74) is 2.63. The Kier molecular flexibility index (Phi) is 5.21. The molecule has 5 saturated carbocycles. The molecule has 5 heteroatoms. The van der Waals surface area contributed by atoms with Gasteiger partial charge in [0.05, 0.1) is 11.1 Å². The molecule has 3 N–H and O–H groups in total. The molecular weight excluding hydrogens is 492 g/mol. The van der Waals surface area contributed by atoms with E-state index in [1.54, 1.807) is 0 Å². The van der Waals surface area contributed by atoms with Crippen molar-refractivity contribution in [1.29, 1.82) is 0 Å². The molecule has 5 aliphatic heterocycles. The fourth-order valence-corrected chi connectivity index (χ4v) is 14.1. The van der Waals surface area contributed by atoms with E-state index < -0.39 is 0 Å². The van der Waals surface area contributed by atoms with Crippen molar-refractivity contribution in [3.05, 3.63) is 0 Å². The molecule has 5 aliphatic carbocycles. The summed E-state index contributed by atoms with van der Waals surface area (Å²) in [6.45, 7) is 5.08. The SMILES string of the molecule is C1CCC2(CC1)CCNC2C1(C2NCC23CCC3)N(C2CC23CCNC3)C(C2OC23CCCC3)CC12CCCC2. The standard InChI is InChI=1S/C35H56N4O/c1-2-9-30(10-3-1)18-20-37-28(30)35(29-31(24-38-29)11-8-12-31)33(13-4-5-14-33)21-25(27-34(40-27)15-6-7-16-34)39(35)26-22-32(26)17-19-36-23-32/h25-29,36-38H,1-24H2. The normalized spacial score (nSPS) is 50.9. The lowest BCUT2D eigenvalue weighted by Gasteiger charge is -2.71. The number of nitrogens with zero attached hydrogens (tertiary/aromatic N) is 1. The van der Waals surface area contributed by atoms with Crippen molar-refractivity contribution in [3.8, 4) is 0 Å². The van der Waals surface area contributed by atoms with Crippen LogP contribution in [0, 0.1) is 21.7 Å². The van der Waals surface area contributed by atoms with Gasteiger partial charge in [0.2, 0.25) is 0 Å². The largest absolute Gasteiger partial charge is 0.364 e. The summed E-state index contributed by atoms with van der Waals surface area (Å²) in [5, 5.41) is 12.7. The molecule has 10 aliphatic rings. The van der Waals surface area contributed by atoms with Crippen molar-refractivity contribution < 1.29 is 4.74 Å². The van der Waals surface area contributed by atoms with Crippen molar-refractivity contribution in [1.82, 2.24) is 20.9 Å². The summed E-state index contributed by atoms with van der Waals surface area (Å²) in [7, 11) is 0. The minimum atomic E-state index is 0.252. The molecule has 10 rings (SSSR count). The first-order valence-electron chi connectivity index (χ1n) is 18.3. The average molecular weight is 549 g/mol. The summed E-state index contributed by atoms with van der Waals surface area (Å²) in [5.74, 6) is 0. The van der Waals surface area contributed by atoms with Gasteiger partial charge >= 0.3 is 0 Å². The van der Waals surface area contributed by atoms with E-state index in [0.29, 0.717) is 45.9 Å². The Morgan fingerprint density at radius 3 is 1.95 bits per heavy atom. The van der Waals surface area contributed by atoms with E-state index in [1.807, 2.05) is 0 Å². The van der Waals surface area contributed by atoms with Crippen LogP contribution in [0.5, 0.6) is 0 Å². The number of hydrogen-bond acceptors (Lipinski definition) is 5. The predicted molar refractivity (Wildman–Crippen MR) is 158 cm³/mol. The van der Waals surface area contributed by atoms with E-state index >= 15 is 0 Å². The zero-order valence-electron chi connectivity index (χ0n) is 25.2. The van der Waals surface area contributed by atoms with E-state index in [0.717, 1.165) is 6.04 Å². The van der Waals surface area contributed by atoms with Gasteiger partial charge in [0, 0.05) is 48.1 Å². The summed E-state index contributed by atoms with van der Waals surface area (Å²) >= 11 is 0. The number of ether oxygens (including phenoxy) is 1. The van der Waals surface area contributed by atoms with Crippen LogP contribution in [0.25, 0.3) is 0 Å². The number of epoxide rings is 1. The highest BCUT2D eigenvalue weighted by Crippen LogP contribution is 2.74. The Bertz CT molecular complexity index is 1020. The van der Waals surface area contributed by atoms with Crippen LogP contribution in [-0.4, -0.2) is 72.5 Å². The van der Waals surface area contributed by atoms with Gasteiger partial charge in [-0.05, 0) is 101 Å². The zero-order valence-corrected chi connectivity index (χ0v) is 25.2. The van der Waals surface area contributed by atoms with Crippen LogP contribution in [0.15, 0.2) is 0 Å². The van der Waals surface area contributed by atoms with Gasteiger partial charge in [0.25, 0.3) is 0 Å². The summed E-state index contributed by atoms with van der Waals surface area (Å²) < 4.78 is 7.03. The second kappa shape index (κ2) is 8.29. The smallest absolute Gasteiger partial charge is 0.103 e. The molecule has 0 aromatic heterocycles. The predicted octanol–water partition coefficient (Wildman–Crippen LogP) is 5.28. The first-order chi connectivity index (χ1) is 19.6. The van der Waals surface area contributed by atoms with Gasteiger partial charge in [0.15, 0.2) is 0 Å². The maximum absolute atomic E-state index is 7.03. The van der Waals surface area contributed by atoms with Gasteiger partial charge in [-0.3, -0.25) is 4.90 Å². The van der Waals surface area contributed by atoms with E-state index in [1.165, 1.54) is 155 Å². The number of hydrogen-bond donors (Lipinski definition) is 3. The van der Waals surface area contributed by atoms with Gasteiger partial charge in [-0.25, -0.2) is 0 Å². The lowest BCUT2D eigenvalue weighted by atomic mass is 9.45. The first kappa shape index (κ1) is 25.2. The maximum Gasteiger partial charge on any atom is 0.103 e. The van der Waals surface area contributed by atoms with Crippen LogP contribution in [0.2, 0.25) is 0 Å². The number of likely N-dealkylation sites (tertiary alicyclic amines) is 1. The molecular formula is C35H56N4O. The van der Waals surface area contributed by atoms with Crippen LogP contribution in [0.1, 0.15) is 128 Å². The third-order valence-electron chi connectivity index (χ3n) is 16.1. The fourth-order valence-electron chi connectivity index (χ4n) is 14.1. The minimum absolute atomic E-state index is 0.252. The molecule has 7 unspecified atom stereocenters. The van der Waals surface area contributed by atoms with E-state index in [4.69, 9.17) is 4.74 Å². The zero-order chi connectivity index (χ0) is 26.3. The highest BCUT2D eigenvalue weighted by molar-refractivity contribution is 5.37. The lowest BCUT2D eigenvalue weighted by Crippen LogP contribution is -2.85. The molecule has 0 amide bonds. The van der Waals surface area contributed by atoms with Crippen molar-refractivity contribution in [3.63, 3.8) is 0 Å². The van der Waals surface area contributed by atoms with Crippen molar-refractivity contribution in [2.24, 2.45) is 21.7 Å². The first-order valence-corrected chi connectivity index (χ1v) is 18.3. The molecule has 0 bridgehead atoms. The van der Waals surface area contributed by atoms with Gasteiger partial charge in [-0.15, -0.1) is 0 Å². The molecule has 5 heterocycles. The third-order valence-corrected chi connectivity index (χ3v) is 16.1. The number of nitrogens with one attached hydrogen (secondary N) is 3. The van der Waals surface area contributed by atoms with Crippen LogP contribution in [0.4, 0.5) is 0 Å². The molecule has 0 aromatic rings. The third kappa shape index (κ3) is 2.95. The van der Waals surface area contributed by atoms with Crippen molar-refractivity contribution >= 4 is 0 Å². The summed E-state index contributed by atoms with van der Waals surface area (Å²) in [6, 6.07) is 2.79. The topological polar surface area (TPSA) is 51.9 Å². The molecule has 5 saturated heterocycles. The monoisotopic (exact) mass is 548 g/mol. The average Bonchev–Trinajstić information content (AvgIpc) is 3.34. The molecule has 7 atom stereocenters.